The molecule has 0 aliphatic rings. The molecule has 0 bridgehead atoms. The summed E-state index contributed by atoms with van der Waals surface area (Å²) in [6.07, 6.45) is 1.64. The van der Waals surface area contributed by atoms with Crippen LogP contribution in [0.5, 0.6) is 5.75 Å². The van der Waals surface area contributed by atoms with Gasteiger partial charge >= 0.3 is 0 Å². The van der Waals surface area contributed by atoms with Crippen molar-refractivity contribution in [3.05, 3.63) is 53.2 Å². The van der Waals surface area contributed by atoms with E-state index in [1.165, 1.54) is 12.1 Å². The number of hydrogen-bond donors (Lipinski definition) is 1. The minimum atomic E-state index is -0.446. The van der Waals surface area contributed by atoms with Gasteiger partial charge in [-0.2, -0.15) is 0 Å². The Labute approximate surface area is 116 Å². The van der Waals surface area contributed by atoms with E-state index in [0.717, 1.165) is 5.76 Å². The Balaban J connectivity index is 1.73. The van der Waals surface area contributed by atoms with Gasteiger partial charge in [0.1, 0.15) is 23.9 Å². The molecule has 1 aromatic carbocycles. The second kappa shape index (κ2) is 6.59. The molecule has 5 heteroatoms. The van der Waals surface area contributed by atoms with Crippen molar-refractivity contribution in [1.82, 2.24) is 5.32 Å². The molecular weight excluding hydrogens is 269 g/mol. The Morgan fingerprint density at radius 1 is 1.42 bits per heavy atom. The average molecular weight is 284 g/mol. The van der Waals surface area contributed by atoms with Crippen LogP contribution in [0.1, 0.15) is 18.7 Å². The van der Waals surface area contributed by atoms with Crippen LogP contribution in [-0.4, -0.2) is 13.2 Å². The van der Waals surface area contributed by atoms with Gasteiger partial charge < -0.3 is 14.5 Å². The quantitative estimate of drug-likeness (QED) is 0.819. The van der Waals surface area contributed by atoms with Crippen LogP contribution >= 0.6 is 11.6 Å². The topological polar surface area (TPSA) is 34.4 Å². The summed E-state index contributed by atoms with van der Waals surface area (Å²) >= 11 is 5.66. The summed E-state index contributed by atoms with van der Waals surface area (Å²) in [5.74, 6) is 0.988. The van der Waals surface area contributed by atoms with E-state index < -0.39 is 5.82 Å². The first kappa shape index (κ1) is 13.9. The zero-order valence-corrected chi connectivity index (χ0v) is 11.3. The molecule has 0 spiro atoms. The maximum absolute atomic E-state index is 12.9. The molecule has 102 valence electrons. The summed E-state index contributed by atoms with van der Waals surface area (Å²) in [6, 6.07) is 8.19. The van der Waals surface area contributed by atoms with Crippen molar-refractivity contribution in [2.24, 2.45) is 0 Å². The Morgan fingerprint density at radius 3 is 2.95 bits per heavy atom. The van der Waals surface area contributed by atoms with Crippen LogP contribution in [-0.2, 0) is 0 Å². The number of furan rings is 1. The molecule has 0 amide bonds. The Hall–Kier alpha value is -1.52. The predicted octanol–water partition coefficient (Wildman–Crippen LogP) is 3.80. The van der Waals surface area contributed by atoms with Crippen molar-refractivity contribution in [1.29, 1.82) is 0 Å². The number of hydrogen-bond acceptors (Lipinski definition) is 3. The maximum Gasteiger partial charge on any atom is 0.142 e. The van der Waals surface area contributed by atoms with Crippen LogP contribution in [0.3, 0.4) is 0 Å². The van der Waals surface area contributed by atoms with Gasteiger partial charge in [0.05, 0.1) is 17.3 Å². The molecule has 0 fully saturated rings. The van der Waals surface area contributed by atoms with Gasteiger partial charge in [0.15, 0.2) is 0 Å². The minimum absolute atomic E-state index is 0.0643. The van der Waals surface area contributed by atoms with Gasteiger partial charge in [-0.1, -0.05) is 11.6 Å². The van der Waals surface area contributed by atoms with Crippen LogP contribution in [0.15, 0.2) is 41.0 Å². The Bertz CT molecular complexity index is 516. The van der Waals surface area contributed by atoms with Crippen LogP contribution < -0.4 is 10.1 Å². The van der Waals surface area contributed by atoms with Crippen molar-refractivity contribution in [3.8, 4) is 5.75 Å². The summed E-state index contributed by atoms with van der Waals surface area (Å²) < 4.78 is 23.7. The molecule has 0 aliphatic heterocycles. The number of ether oxygens (including phenoxy) is 1. The van der Waals surface area contributed by atoms with Crippen molar-refractivity contribution in [2.45, 2.75) is 13.0 Å². The SMILES string of the molecule is CC(NCCOc1ccc(F)c(Cl)c1)c1ccco1. The molecule has 0 saturated carbocycles. The number of halogens is 2. The van der Waals surface area contributed by atoms with Gasteiger partial charge in [-0.25, -0.2) is 4.39 Å². The molecule has 2 rings (SSSR count). The van der Waals surface area contributed by atoms with Gasteiger partial charge in [-0.15, -0.1) is 0 Å². The van der Waals surface area contributed by atoms with Crippen molar-refractivity contribution >= 4 is 11.6 Å². The van der Waals surface area contributed by atoms with Crippen molar-refractivity contribution in [2.75, 3.05) is 13.2 Å². The zero-order chi connectivity index (χ0) is 13.7. The lowest BCUT2D eigenvalue weighted by atomic mass is 10.2. The Kier molecular flexibility index (Phi) is 4.82. The van der Waals surface area contributed by atoms with Gasteiger partial charge in [0.2, 0.25) is 0 Å². The molecule has 1 heterocycles. The number of benzene rings is 1. The lowest BCUT2D eigenvalue weighted by Gasteiger charge is -2.12. The lowest BCUT2D eigenvalue weighted by Crippen LogP contribution is -2.24. The third-order valence-electron chi connectivity index (χ3n) is 2.68. The monoisotopic (exact) mass is 283 g/mol. The van der Waals surface area contributed by atoms with Crippen LogP contribution in [0.25, 0.3) is 0 Å². The third-order valence-corrected chi connectivity index (χ3v) is 2.97. The second-order valence-corrected chi connectivity index (χ2v) is 4.52. The van der Waals surface area contributed by atoms with E-state index in [1.54, 1.807) is 12.3 Å². The molecular formula is C14H15ClFNO2. The predicted molar refractivity (Wildman–Crippen MR) is 72.0 cm³/mol. The fourth-order valence-corrected chi connectivity index (χ4v) is 1.82. The van der Waals surface area contributed by atoms with E-state index in [9.17, 15) is 4.39 Å². The van der Waals surface area contributed by atoms with Gasteiger partial charge in [-0.3, -0.25) is 0 Å². The van der Waals surface area contributed by atoms with Crippen LogP contribution in [0.4, 0.5) is 4.39 Å². The standard InChI is InChI=1S/C14H15ClFNO2/c1-10(14-3-2-7-19-14)17-6-8-18-11-4-5-13(16)12(15)9-11/h2-5,7,9-10,17H,6,8H2,1H3. The molecule has 1 N–H and O–H groups in total. The summed E-state index contributed by atoms with van der Waals surface area (Å²) in [7, 11) is 0. The average Bonchev–Trinajstić information content (AvgIpc) is 2.92. The molecule has 0 radical (unpaired) electrons. The van der Waals surface area contributed by atoms with Crippen molar-refractivity contribution < 1.29 is 13.5 Å². The normalized spacial score (nSPS) is 12.4. The molecule has 3 nitrogen and oxygen atoms in total. The maximum atomic E-state index is 12.9. The van der Waals surface area contributed by atoms with E-state index in [2.05, 4.69) is 5.32 Å². The smallest absolute Gasteiger partial charge is 0.142 e. The van der Waals surface area contributed by atoms with Gasteiger partial charge in [0.25, 0.3) is 0 Å². The molecule has 0 saturated heterocycles. The van der Waals surface area contributed by atoms with E-state index in [0.29, 0.717) is 18.9 Å². The number of nitrogens with one attached hydrogen (secondary N) is 1. The summed E-state index contributed by atoms with van der Waals surface area (Å²) in [5, 5.41) is 3.32. The highest BCUT2D eigenvalue weighted by Crippen LogP contribution is 2.21. The fourth-order valence-electron chi connectivity index (χ4n) is 1.65. The highest BCUT2D eigenvalue weighted by molar-refractivity contribution is 6.30. The first-order chi connectivity index (χ1) is 9.16. The molecule has 2 aromatic rings. The molecule has 1 unspecified atom stereocenters. The largest absolute Gasteiger partial charge is 0.492 e. The fraction of sp³-hybridized carbons (Fsp3) is 0.286. The molecule has 1 aromatic heterocycles. The van der Waals surface area contributed by atoms with Gasteiger partial charge in [0, 0.05) is 12.6 Å². The number of rotatable bonds is 6. The van der Waals surface area contributed by atoms with Crippen LogP contribution in [0, 0.1) is 5.82 Å². The van der Waals surface area contributed by atoms with Crippen LogP contribution in [0.2, 0.25) is 5.02 Å². The zero-order valence-electron chi connectivity index (χ0n) is 10.5. The van der Waals surface area contributed by atoms with E-state index in [1.807, 2.05) is 19.1 Å². The Morgan fingerprint density at radius 2 is 2.26 bits per heavy atom. The minimum Gasteiger partial charge on any atom is -0.492 e. The first-order valence-corrected chi connectivity index (χ1v) is 6.39. The van der Waals surface area contributed by atoms with Crippen molar-refractivity contribution in [3.63, 3.8) is 0 Å². The lowest BCUT2D eigenvalue weighted by molar-refractivity contribution is 0.301. The summed E-state index contributed by atoms with van der Waals surface area (Å²) in [5.41, 5.74) is 0. The highest BCUT2D eigenvalue weighted by Gasteiger charge is 2.07. The summed E-state index contributed by atoms with van der Waals surface area (Å²) in [6.45, 7) is 3.12. The van der Waals surface area contributed by atoms with E-state index >= 15 is 0 Å². The molecule has 19 heavy (non-hydrogen) atoms. The summed E-state index contributed by atoms with van der Waals surface area (Å²) in [4.78, 5) is 0. The van der Waals surface area contributed by atoms with Gasteiger partial charge in [-0.05, 0) is 31.2 Å². The second-order valence-electron chi connectivity index (χ2n) is 4.12. The third kappa shape index (κ3) is 3.98. The molecule has 1 atom stereocenters. The molecule has 0 aliphatic carbocycles. The highest BCUT2D eigenvalue weighted by atomic mass is 35.5. The van der Waals surface area contributed by atoms with E-state index in [-0.39, 0.29) is 11.1 Å². The van der Waals surface area contributed by atoms with E-state index in [4.69, 9.17) is 20.8 Å². The first-order valence-electron chi connectivity index (χ1n) is 6.01.